The molecule has 2 aromatic carbocycles. The van der Waals surface area contributed by atoms with Crippen molar-refractivity contribution in [2.45, 2.75) is 31.5 Å². The Hall–Kier alpha value is -3.07. The van der Waals surface area contributed by atoms with E-state index in [-0.39, 0.29) is 24.2 Å². The third kappa shape index (κ3) is 4.88. The highest BCUT2D eigenvalue weighted by molar-refractivity contribution is 6.00. The third-order valence-electron chi connectivity index (χ3n) is 5.47. The smallest absolute Gasteiger partial charge is 0.416 e. The van der Waals surface area contributed by atoms with Crippen molar-refractivity contribution in [3.8, 4) is 5.75 Å². The van der Waals surface area contributed by atoms with E-state index in [4.69, 9.17) is 9.47 Å². The summed E-state index contributed by atoms with van der Waals surface area (Å²) in [7, 11) is 3.18. The van der Waals surface area contributed by atoms with Crippen LogP contribution >= 0.6 is 0 Å². The van der Waals surface area contributed by atoms with E-state index in [0.717, 1.165) is 6.07 Å². The van der Waals surface area contributed by atoms with Gasteiger partial charge >= 0.3 is 12.1 Å². The van der Waals surface area contributed by atoms with Crippen LogP contribution in [-0.4, -0.2) is 45.2 Å². The zero-order valence-corrected chi connectivity index (χ0v) is 18.0. The molecule has 0 aromatic heterocycles. The van der Waals surface area contributed by atoms with Crippen LogP contribution in [0.2, 0.25) is 0 Å². The van der Waals surface area contributed by atoms with E-state index in [1.54, 1.807) is 31.3 Å². The average Bonchev–Trinajstić information content (AvgIpc) is 2.86. The van der Waals surface area contributed by atoms with E-state index in [1.165, 1.54) is 31.1 Å². The summed E-state index contributed by atoms with van der Waals surface area (Å²) in [5.74, 6) is -1.49. The van der Waals surface area contributed by atoms with Crippen LogP contribution in [0.25, 0.3) is 0 Å². The van der Waals surface area contributed by atoms with Gasteiger partial charge in [-0.1, -0.05) is 18.2 Å². The topological polar surface area (TPSA) is 67.9 Å². The largest absolute Gasteiger partial charge is 0.497 e. The quantitative estimate of drug-likeness (QED) is 0.682. The fourth-order valence-corrected chi connectivity index (χ4v) is 3.99. The number of hydrogen-bond acceptors (Lipinski definition) is 5. The molecule has 3 rings (SSSR count). The first-order chi connectivity index (χ1) is 15.2. The predicted molar refractivity (Wildman–Crippen MR) is 113 cm³/mol. The van der Waals surface area contributed by atoms with Crippen molar-refractivity contribution in [1.82, 2.24) is 5.32 Å². The zero-order chi connectivity index (χ0) is 23.5. The van der Waals surface area contributed by atoms with Crippen LogP contribution in [0.4, 0.5) is 18.9 Å². The maximum absolute atomic E-state index is 13.9. The second-order valence-electron chi connectivity index (χ2n) is 7.51. The van der Waals surface area contributed by atoms with Crippen molar-refractivity contribution in [3.63, 3.8) is 0 Å². The molecule has 0 aliphatic carbocycles. The average molecular weight is 450 g/mol. The van der Waals surface area contributed by atoms with E-state index in [1.807, 2.05) is 0 Å². The number of carbonyl (C=O) groups is 2. The van der Waals surface area contributed by atoms with E-state index < -0.39 is 35.6 Å². The fourth-order valence-electron chi connectivity index (χ4n) is 3.99. The second-order valence-corrected chi connectivity index (χ2v) is 7.51. The van der Waals surface area contributed by atoms with E-state index in [0.29, 0.717) is 17.9 Å². The van der Waals surface area contributed by atoms with Gasteiger partial charge in [0, 0.05) is 31.6 Å². The van der Waals surface area contributed by atoms with Crippen LogP contribution in [0.5, 0.6) is 5.75 Å². The minimum Gasteiger partial charge on any atom is -0.497 e. The number of rotatable bonds is 6. The molecule has 0 radical (unpaired) electrons. The van der Waals surface area contributed by atoms with Gasteiger partial charge < -0.3 is 19.7 Å². The number of hydrogen-bond donors (Lipinski definition) is 1. The zero-order valence-electron chi connectivity index (χ0n) is 18.0. The number of benzene rings is 2. The number of fused-ring (bicyclic) bond motifs is 1. The Balaban J connectivity index is 2.21. The summed E-state index contributed by atoms with van der Waals surface area (Å²) in [5, 5.41) is 2.91. The number of carbonyl (C=O) groups excluding carboxylic acids is 2. The molecule has 6 nitrogen and oxygen atoms in total. The predicted octanol–water partition coefficient (Wildman–Crippen LogP) is 3.54. The molecular formula is C23H25F3N2O4. The van der Waals surface area contributed by atoms with Gasteiger partial charge in [-0.15, -0.1) is 0 Å². The Kier molecular flexibility index (Phi) is 7.08. The molecule has 0 saturated carbocycles. The maximum Gasteiger partial charge on any atom is 0.416 e. The van der Waals surface area contributed by atoms with Gasteiger partial charge in [0.25, 0.3) is 5.91 Å². The highest BCUT2D eigenvalue weighted by Crippen LogP contribution is 2.42. The molecule has 9 heteroatoms. The molecule has 0 fully saturated rings. The molecule has 2 aromatic rings. The molecule has 1 aliphatic heterocycles. The lowest BCUT2D eigenvalue weighted by Gasteiger charge is -2.28. The van der Waals surface area contributed by atoms with Gasteiger partial charge in [-0.2, -0.15) is 13.2 Å². The molecule has 1 N–H and O–H groups in total. The standard InChI is InChI=1S/C23H25F3N2O4/c1-14(29)32-21-17(15-7-9-16(31-3)10-8-15)13-18-19(23(24,25)26)5-4-6-20(18)28(22(21)30)12-11-27-2/h4-10,17,21,27H,11-13H2,1-3H3/t17-,21+/m0/s1. The first kappa shape index (κ1) is 23.6. The van der Waals surface area contributed by atoms with Crippen molar-refractivity contribution in [2.75, 3.05) is 32.1 Å². The van der Waals surface area contributed by atoms with Gasteiger partial charge in [0.2, 0.25) is 0 Å². The molecule has 0 unspecified atom stereocenters. The van der Waals surface area contributed by atoms with Crippen LogP contribution in [0.15, 0.2) is 42.5 Å². The van der Waals surface area contributed by atoms with Crippen molar-refractivity contribution in [2.24, 2.45) is 0 Å². The lowest BCUT2D eigenvalue weighted by atomic mass is 9.86. The van der Waals surface area contributed by atoms with Gasteiger partial charge in [-0.05, 0) is 48.9 Å². The molecular weight excluding hydrogens is 425 g/mol. The summed E-state index contributed by atoms with van der Waals surface area (Å²) in [4.78, 5) is 26.7. The van der Waals surface area contributed by atoms with Crippen LogP contribution in [-0.2, 0) is 26.9 Å². The Morgan fingerprint density at radius 3 is 2.44 bits per heavy atom. The number of likely N-dealkylation sites (N-methyl/N-ethyl adjacent to an activating group) is 1. The molecule has 0 bridgehead atoms. The molecule has 2 atom stereocenters. The van der Waals surface area contributed by atoms with Crippen molar-refractivity contribution >= 4 is 17.6 Å². The lowest BCUT2D eigenvalue weighted by molar-refractivity contribution is -0.154. The molecule has 1 aliphatic rings. The highest BCUT2D eigenvalue weighted by Gasteiger charge is 2.43. The van der Waals surface area contributed by atoms with Crippen molar-refractivity contribution in [3.05, 3.63) is 59.2 Å². The second kappa shape index (κ2) is 9.60. The normalized spacial score (nSPS) is 18.7. The summed E-state index contributed by atoms with van der Waals surface area (Å²) in [6.07, 6.45) is -6.00. The highest BCUT2D eigenvalue weighted by atomic mass is 19.4. The fraction of sp³-hybridized carbons (Fsp3) is 0.391. The molecule has 0 spiro atoms. The summed E-state index contributed by atoms with van der Waals surface area (Å²) in [6.45, 7) is 1.65. The summed E-state index contributed by atoms with van der Waals surface area (Å²) >= 11 is 0. The number of nitrogens with one attached hydrogen (secondary N) is 1. The number of esters is 1. The first-order valence-electron chi connectivity index (χ1n) is 10.1. The summed E-state index contributed by atoms with van der Waals surface area (Å²) < 4.78 is 52.3. The van der Waals surface area contributed by atoms with E-state index >= 15 is 0 Å². The summed E-state index contributed by atoms with van der Waals surface area (Å²) in [6, 6.07) is 10.5. The number of nitrogens with zero attached hydrogens (tertiary/aromatic N) is 1. The van der Waals surface area contributed by atoms with Crippen molar-refractivity contribution < 1.29 is 32.2 Å². The van der Waals surface area contributed by atoms with E-state index in [9.17, 15) is 22.8 Å². The maximum atomic E-state index is 13.9. The molecule has 1 heterocycles. The Labute approximate surface area is 184 Å². The van der Waals surface area contributed by atoms with Gasteiger partial charge in [-0.3, -0.25) is 9.59 Å². The van der Waals surface area contributed by atoms with Crippen LogP contribution in [0.1, 0.15) is 29.5 Å². The molecule has 1 amide bonds. The van der Waals surface area contributed by atoms with Gasteiger partial charge in [0.05, 0.1) is 12.7 Å². The number of amides is 1. The summed E-state index contributed by atoms with van der Waals surface area (Å²) in [5.41, 5.74) is -0.0591. The number of methoxy groups -OCH3 is 1. The van der Waals surface area contributed by atoms with Crippen molar-refractivity contribution in [1.29, 1.82) is 0 Å². The number of halogens is 3. The minimum absolute atomic E-state index is 0.0000712. The van der Waals surface area contributed by atoms with Gasteiger partial charge in [0.15, 0.2) is 6.10 Å². The lowest BCUT2D eigenvalue weighted by Crippen LogP contribution is -2.45. The SMILES string of the molecule is CNCCN1C(=O)[C@H](OC(C)=O)[C@H](c2ccc(OC)cc2)Cc2c1cccc2C(F)(F)F. The molecule has 32 heavy (non-hydrogen) atoms. The molecule has 0 saturated heterocycles. The number of alkyl halides is 3. The monoisotopic (exact) mass is 450 g/mol. The van der Waals surface area contributed by atoms with Crippen LogP contribution in [0, 0.1) is 0 Å². The Morgan fingerprint density at radius 1 is 1.19 bits per heavy atom. The molecule has 172 valence electrons. The van der Waals surface area contributed by atoms with E-state index in [2.05, 4.69) is 5.32 Å². The number of anilines is 1. The van der Waals surface area contributed by atoms with Gasteiger partial charge in [0.1, 0.15) is 5.75 Å². The van der Waals surface area contributed by atoms with Crippen LogP contribution in [0.3, 0.4) is 0 Å². The minimum atomic E-state index is -4.60. The van der Waals surface area contributed by atoms with Gasteiger partial charge in [-0.25, -0.2) is 0 Å². The first-order valence-corrected chi connectivity index (χ1v) is 10.1. The third-order valence-corrected chi connectivity index (χ3v) is 5.47. The Morgan fingerprint density at radius 2 is 1.88 bits per heavy atom. The number of ether oxygens (including phenoxy) is 2. The Bertz CT molecular complexity index is 976. The van der Waals surface area contributed by atoms with Crippen LogP contribution < -0.4 is 15.0 Å².